The van der Waals surface area contributed by atoms with Crippen LogP contribution in [0, 0.1) is 35.0 Å². The maximum absolute atomic E-state index is 13.8. The summed E-state index contributed by atoms with van der Waals surface area (Å²) in [5, 5.41) is 25.5. The van der Waals surface area contributed by atoms with Crippen molar-refractivity contribution in [3.05, 3.63) is 60.2 Å². The predicted molar refractivity (Wildman–Crippen MR) is 129 cm³/mol. The van der Waals surface area contributed by atoms with E-state index in [2.05, 4.69) is 5.32 Å². The number of nitrogens with one attached hydrogen (secondary N) is 1. The molecule has 9 atom stereocenters. The second-order valence-corrected chi connectivity index (χ2v) is 10.6. The number of hydrogen-bond donors (Lipinski definition) is 3. The van der Waals surface area contributed by atoms with Crippen molar-refractivity contribution in [3.63, 3.8) is 0 Å². The van der Waals surface area contributed by atoms with Gasteiger partial charge in [0, 0.05) is 23.8 Å². The molecule has 182 valence electrons. The third-order valence-corrected chi connectivity index (χ3v) is 8.48. The monoisotopic (exact) mass is 465 g/mol. The van der Waals surface area contributed by atoms with Gasteiger partial charge in [-0.25, -0.2) is 0 Å². The highest BCUT2D eigenvalue weighted by molar-refractivity contribution is 5.98. The number of aliphatic hydroxyl groups is 2. The number of benzene rings is 1. The third kappa shape index (κ3) is 3.77. The van der Waals surface area contributed by atoms with Crippen LogP contribution in [0.3, 0.4) is 0 Å². The van der Waals surface area contributed by atoms with Gasteiger partial charge in [0.15, 0.2) is 5.78 Å². The Balaban J connectivity index is 1.87. The largest absolute Gasteiger partial charge is 0.388 e. The summed E-state index contributed by atoms with van der Waals surface area (Å²) in [5.41, 5.74) is -2.13. The van der Waals surface area contributed by atoms with Crippen molar-refractivity contribution in [1.29, 1.82) is 0 Å². The van der Waals surface area contributed by atoms with E-state index in [0.717, 1.165) is 5.56 Å². The molecule has 3 N–H and O–H groups in total. The molecule has 1 aromatic rings. The smallest absolute Gasteiger partial charge is 0.230 e. The summed E-state index contributed by atoms with van der Waals surface area (Å²) < 4.78 is 0. The number of ketones is 2. The molecule has 0 radical (unpaired) electrons. The maximum atomic E-state index is 13.8. The summed E-state index contributed by atoms with van der Waals surface area (Å²) in [6.45, 7) is 7.01. The fourth-order valence-electron chi connectivity index (χ4n) is 6.47. The van der Waals surface area contributed by atoms with Crippen LogP contribution in [0.4, 0.5) is 0 Å². The van der Waals surface area contributed by atoms with Gasteiger partial charge in [0.1, 0.15) is 11.4 Å². The summed E-state index contributed by atoms with van der Waals surface area (Å²) in [4.78, 5) is 40.2. The molecule has 1 heterocycles. The number of Topliss-reactive ketones (excluding diaryl/α,β-unsaturated/α-hetero) is 2. The molecule has 1 amide bonds. The Kier molecular flexibility index (Phi) is 6.42. The highest BCUT2D eigenvalue weighted by Gasteiger charge is 2.68. The van der Waals surface area contributed by atoms with Gasteiger partial charge in [0.25, 0.3) is 0 Å². The Morgan fingerprint density at radius 1 is 1.06 bits per heavy atom. The van der Waals surface area contributed by atoms with Crippen molar-refractivity contribution in [2.45, 2.75) is 58.3 Å². The molecule has 6 heteroatoms. The van der Waals surface area contributed by atoms with Crippen LogP contribution >= 0.6 is 0 Å². The van der Waals surface area contributed by atoms with Crippen LogP contribution in [-0.4, -0.2) is 45.4 Å². The molecule has 1 saturated carbocycles. The highest BCUT2D eigenvalue weighted by atomic mass is 16.3. The second-order valence-electron chi connectivity index (χ2n) is 10.6. The topological polar surface area (TPSA) is 104 Å². The van der Waals surface area contributed by atoms with Crippen LogP contribution in [0.25, 0.3) is 0 Å². The van der Waals surface area contributed by atoms with Gasteiger partial charge in [-0.1, -0.05) is 69.3 Å². The zero-order valence-corrected chi connectivity index (χ0v) is 20.3. The van der Waals surface area contributed by atoms with Gasteiger partial charge >= 0.3 is 0 Å². The molecule has 3 aliphatic rings. The van der Waals surface area contributed by atoms with Gasteiger partial charge in [-0.05, 0) is 37.3 Å². The molecule has 1 aliphatic heterocycles. The minimum atomic E-state index is -1.78. The predicted octanol–water partition coefficient (Wildman–Crippen LogP) is 2.63. The minimum Gasteiger partial charge on any atom is -0.388 e. The first-order chi connectivity index (χ1) is 16.0. The standard InChI is InChI=1S/C28H35NO5/c1-16-9-8-12-20-24(31)18(3)17(2)23-21(15-19-10-6-5-7-11-19)29-26(33)28(20,23)22(30)13-14-27(4,34)25(16)32/h5-8,10-14,16-18,20-23,30,34H,9,15H2,1-4H3,(H,29,33). The Morgan fingerprint density at radius 3 is 2.41 bits per heavy atom. The van der Waals surface area contributed by atoms with E-state index in [9.17, 15) is 24.6 Å². The molecule has 2 aliphatic carbocycles. The fourth-order valence-corrected chi connectivity index (χ4v) is 6.47. The maximum Gasteiger partial charge on any atom is 0.230 e. The van der Waals surface area contributed by atoms with Crippen LogP contribution in [0.5, 0.6) is 0 Å². The van der Waals surface area contributed by atoms with Crippen molar-refractivity contribution in [1.82, 2.24) is 5.32 Å². The average Bonchev–Trinajstić information content (AvgIpc) is 3.09. The van der Waals surface area contributed by atoms with Gasteiger partial charge in [0.05, 0.1) is 17.4 Å². The number of allylic oxidation sites excluding steroid dienone is 2. The molecule has 6 nitrogen and oxygen atoms in total. The Labute approximate surface area is 201 Å². The quantitative estimate of drug-likeness (QED) is 0.583. The van der Waals surface area contributed by atoms with Crippen molar-refractivity contribution in [2.75, 3.05) is 0 Å². The third-order valence-electron chi connectivity index (χ3n) is 8.48. The Hall–Kier alpha value is -2.57. The molecular formula is C28H35NO5. The van der Waals surface area contributed by atoms with Crippen molar-refractivity contribution in [2.24, 2.45) is 35.0 Å². The van der Waals surface area contributed by atoms with E-state index >= 15 is 0 Å². The zero-order chi connectivity index (χ0) is 24.8. The lowest BCUT2D eigenvalue weighted by Crippen LogP contribution is -2.60. The summed E-state index contributed by atoms with van der Waals surface area (Å²) in [6.07, 6.45) is 5.70. The van der Waals surface area contributed by atoms with E-state index in [4.69, 9.17) is 0 Å². The van der Waals surface area contributed by atoms with Crippen LogP contribution in [0.1, 0.15) is 39.7 Å². The van der Waals surface area contributed by atoms with Gasteiger partial charge in [-0.15, -0.1) is 0 Å². The van der Waals surface area contributed by atoms with Gasteiger partial charge in [0.2, 0.25) is 5.91 Å². The average molecular weight is 466 g/mol. The molecular weight excluding hydrogens is 430 g/mol. The number of rotatable bonds is 2. The van der Waals surface area contributed by atoms with E-state index in [0.29, 0.717) is 12.8 Å². The summed E-state index contributed by atoms with van der Waals surface area (Å²) >= 11 is 0. The van der Waals surface area contributed by atoms with E-state index in [1.807, 2.05) is 44.2 Å². The first kappa shape index (κ1) is 24.6. The van der Waals surface area contributed by atoms with Crippen LogP contribution in [-0.2, 0) is 20.8 Å². The van der Waals surface area contributed by atoms with Crippen molar-refractivity contribution < 1.29 is 24.6 Å². The molecule has 1 saturated heterocycles. The molecule has 34 heavy (non-hydrogen) atoms. The normalized spacial score (nSPS) is 42.5. The lowest BCUT2D eigenvalue weighted by molar-refractivity contribution is -0.158. The van der Waals surface area contributed by atoms with E-state index in [1.54, 1.807) is 19.1 Å². The number of amides is 1. The lowest BCUT2D eigenvalue weighted by Gasteiger charge is -2.50. The summed E-state index contributed by atoms with van der Waals surface area (Å²) in [6, 6.07) is 9.61. The molecule has 9 unspecified atom stereocenters. The van der Waals surface area contributed by atoms with E-state index in [-0.39, 0.29) is 41.3 Å². The van der Waals surface area contributed by atoms with Crippen molar-refractivity contribution in [3.8, 4) is 0 Å². The number of carbonyl (C=O) groups excluding carboxylic acids is 3. The van der Waals surface area contributed by atoms with Gasteiger partial charge in [-0.3, -0.25) is 14.4 Å². The van der Waals surface area contributed by atoms with E-state index in [1.165, 1.54) is 19.1 Å². The Bertz CT molecular complexity index is 1030. The minimum absolute atomic E-state index is 0.0760. The molecule has 1 aromatic carbocycles. The second kappa shape index (κ2) is 8.90. The first-order valence-corrected chi connectivity index (χ1v) is 12.2. The summed E-state index contributed by atoms with van der Waals surface area (Å²) in [5.74, 6) is -2.86. The number of carbonyl (C=O) groups is 3. The molecule has 1 spiro atoms. The van der Waals surface area contributed by atoms with Crippen LogP contribution in [0.2, 0.25) is 0 Å². The molecule has 0 aromatic heterocycles. The lowest BCUT2D eigenvalue weighted by atomic mass is 9.50. The molecule has 0 bridgehead atoms. The van der Waals surface area contributed by atoms with Crippen LogP contribution in [0.15, 0.2) is 54.6 Å². The SMILES string of the molecule is CC1CC=CC2C(=O)C(C)C(C)C3C(Cc4ccccc4)NC(=O)C23C(O)C=CC(C)(O)C1=O. The number of hydrogen-bond acceptors (Lipinski definition) is 5. The summed E-state index contributed by atoms with van der Waals surface area (Å²) in [7, 11) is 0. The molecule has 2 fully saturated rings. The van der Waals surface area contributed by atoms with E-state index < -0.39 is 29.0 Å². The van der Waals surface area contributed by atoms with Gasteiger partial charge in [-0.2, -0.15) is 0 Å². The zero-order valence-electron chi connectivity index (χ0n) is 20.3. The van der Waals surface area contributed by atoms with Crippen molar-refractivity contribution >= 4 is 17.5 Å². The fraction of sp³-hybridized carbons (Fsp3) is 0.536. The van der Waals surface area contributed by atoms with Crippen LogP contribution < -0.4 is 5.32 Å². The first-order valence-electron chi connectivity index (χ1n) is 12.2. The van der Waals surface area contributed by atoms with Gasteiger partial charge < -0.3 is 15.5 Å². The Morgan fingerprint density at radius 2 is 1.74 bits per heavy atom. The number of aliphatic hydroxyl groups excluding tert-OH is 1. The highest BCUT2D eigenvalue weighted by Crippen LogP contribution is 2.57. The molecule has 4 rings (SSSR count).